The molecule has 1 aromatic carbocycles. The summed E-state index contributed by atoms with van der Waals surface area (Å²) in [5, 5.41) is 4.41. The molecule has 19 heavy (non-hydrogen) atoms. The van der Waals surface area contributed by atoms with Gasteiger partial charge in [0, 0.05) is 34.3 Å². The number of nitrogens with two attached hydrogens (primary N) is 1. The SMILES string of the molecule is CC(CNc1ccc(N)c2cc(Br)cnc12)N(C)C. The van der Waals surface area contributed by atoms with Crippen LogP contribution in [0.1, 0.15) is 6.92 Å². The number of pyridine rings is 1. The van der Waals surface area contributed by atoms with Crippen molar-refractivity contribution in [1.82, 2.24) is 9.88 Å². The Morgan fingerprint density at radius 2 is 2.16 bits per heavy atom. The summed E-state index contributed by atoms with van der Waals surface area (Å²) < 4.78 is 0.936. The molecule has 1 atom stereocenters. The van der Waals surface area contributed by atoms with Crippen molar-refractivity contribution in [2.45, 2.75) is 13.0 Å². The van der Waals surface area contributed by atoms with E-state index >= 15 is 0 Å². The zero-order valence-corrected chi connectivity index (χ0v) is 13.0. The third-order valence-corrected chi connectivity index (χ3v) is 3.75. The minimum atomic E-state index is 0.447. The minimum Gasteiger partial charge on any atom is -0.398 e. The lowest BCUT2D eigenvalue weighted by Crippen LogP contribution is -2.31. The molecule has 0 aliphatic carbocycles. The van der Waals surface area contributed by atoms with Gasteiger partial charge in [-0.05, 0) is 55.1 Å². The van der Waals surface area contributed by atoms with Crippen molar-refractivity contribution in [2.75, 3.05) is 31.7 Å². The molecule has 0 bridgehead atoms. The van der Waals surface area contributed by atoms with Crippen LogP contribution in [0.2, 0.25) is 0 Å². The largest absolute Gasteiger partial charge is 0.398 e. The Morgan fingerprint density at radius 1 is 1.42 bits per heavy atom. The number of nitrogens with one attached hydrogen (secondary N) is 1. The highest BCUT2D eigenvalue weighted by atomic mass is 79.9. The van der Waals surface area contributed by atoms with E-state index in [1.54, 1.807) is 6.20 Å². The topological polar surface area (TPSA) is 54.2 Å². The zero-order chi connectivity index (χ0) is 14.0. The van der Waals surface area contributed by atoms with E-state index in [9.17, 15) is 0 Å². The number of nitrogens with zero attached hydrogens (tertiary/aromatic N) is 2. The van der Waals surface area contributed by atoms with E-state index < -0.39 is 0 Å². The summed E-state index contributed by atoms with van der Waals surface area (Å²) in [7, 11) is 4.14. The van der Waals surface area contributed by atoms with Crippen molar-refractivity contribution in [3.05, 3.63) is 28.9 Å². The van der Waals surface area contributed by atoms with Gasteiger partial charge in [-0.1, -0.05) is 0 Å². The average molecular weight is 323 g/mol. The predicted octanol–water partition coefficient (Wildman–Crippen LogP) is 2.94. The molecule has 0 spiro atoms. The first-order valence-electron chi connectivity index (χ1n) is 6.23. The van der Waals surface area contributed by atoms with Crippen LogP contribution in [0.25, 0.3) is 10.9 Å². The quantitative estimate of drug-likeness (QED) is 0.850. The molecule has 5 heteroatoms. The minimum absolute atomic E-state index is 0.447. The number of likely N-dealkylation sites (N-methyl/N-ethyl adjacent to an activating group) is 1. The monoisotopic (exact) mass is 322 g/mol. The van der Waals surface area contributed by atoms with Gasteiger partial charge in [-0.2, -0.15) is 0 Å². The Kier molecular flexibility index (Phi) is 4.27. The maximum atomic E-state index is 6.00. The number of rotatable bonds is 4. The van der Waals surface area contributed by atoms with E-state index in [1.165, 1.54) is 0 Å². The Labute approximate surface area is 122 Å². The molecular formula is C14H19BrN4. The number of benzene rings is 1. The van der Waals surface area contributed by atoms with Gasteiger partial charge in [0.05, 0.1) is 11.2 Å². The molecule has 0 aliphatic rings. The maximum absolute atomic E-state index is 6.00. The summed E-state index contributed by atoms with van der Waals surface area (Å²) in [6.07, 6.45) is 1.79. The van der Waals surface area contributed by atoms with Crippen LogP contribution < -0.4 is 11.1 Å². The molecule has 0 saturated carbocycles. The second-order valence-electron chi connectivity index (χ2n) is 4.95. The van der Waals surface area contributed by atoms with Crippen LogP contribution in [-0.4, -0.2) is 36.6 Å². The van der Waals surface area contributed by atoms with Crippen LogP contribution in [0, 0.1) is 0 Å². The molecule has 4 nitrogen and oxygen atoms in total. The van der Waals surface area contributed by atoms with E-state index in [0.717, 1.165) is 33.3 Å². The summed E-state index contributed by atoms with van der Waals surface area (Å²) in [5.41, 5.74) is 8.68. The number of aromatic nitrogens is 1. The van der Waals surface area contributed by atoms with Crippen LogP contribution >= 0.6 is 15.9 Å². The summed E-state index contributed by atoms with van der Waals surface area (Å²) in [5.74, 6) is 0. The van der Waals surface area contributed by atoms with E-state index in [0.29, 0.717) is 6.04 Å². The van der Waals surface area contributed by atoms with Gasteiger partial charge in [-0.3, -0.25) is 4.98 Å². The Balaban J connectivity index is 2.31. The first-order valence-corrected chi connectivity index (χ1v) is 7.02. The van der Waals surface area contributed by atoms with Gasteiger partial charge >= 0.3 is 0 Å². The van der Waals surface area contributed by atoms with E-state index in [-0.39, 0.29) is 0 Å². The highest BCUT2D eigenvalue weighted by molar-refractivity contribution is 9.10. The number of hydrogen-bond donors (Lipinski definition) is 2. The second kappa shape index (κ2) is 5.75. The molecule has 2 aromatic rings. The number of nitrogen functional groups attached to an aromatic ring is 1. The normalized spacial score (nSPS) is 12.9. The lowest BCUT2D eigenvalue weighted by molar-refractivity contribution is 0.326. The van der Waals surface area contributed by atoms with Gasteiger partial charge in [0.15, 0.2) is 0 Å². The molecule has 3 N–H and O–H groups in total. The van der Waals surface area contributed by atoms with Gasteiger partial charge in [-0.15, -0.1) is 0 Å². The molecule has 2 rings (SSSR count). The lowest BCUT2D eigenvalue weighted by Gasteiger charge is -2.21. The number of halogens is 1. The fourth-order valence-corrected chi connectivity index (χ4v) is 2.13. The number of fused-ring (bicyclic) bond motifs is 1. The molecular weight excluding hydrogens is 304 g/mol. The Morgan fingerprint density at radius 3 is 2.84 bits per heavy atom. The van der Waals surface area contributed by atoms with Crippen molar-refractivity contribution in [2.24, 2.45) is 0 Å². The third-order valence-electron chi connectivity index (χ3n) is 3.32. The Bertz CT molecular complexity index is 583. The van der Waals surface area contributed by atoms with Crippen molar-refractivity contribution in [1.29, 1.82) is 0 Å². The highest BCUT2D eigenvalue weighted by Crippen LogP contribution is 2.28. The molecule has 0 fully saturated rings. The standard InChI is InChI=1S/C14H19BrN4/c1-9(19(2)3)7-17-13-5-4-12(16)11-6-10(15)8-18-14(11)13/h4-6,8-9,17H,7,16H2,1-3H3. The van der Waals surface area contributed by atoms with Gasteiger partial charge in [-0.25, -0.2) is 0 Å². The molecule has 0 radical (unpaired) electrons. The highest BCUT2D eigenvalue weighted by Gasteiger charge is 2.08. The molecule has 1 aromatic heterocycles. The van der Waals surface area contributed by atoms with Crippen LogP contribution in [-0.2, 0) is 0 Å². The maximum Gasteiger partial charge on any atom is 0.0954 e. The van der Waals surface area contributed by atoms with Crippen molar-refractivity contribution in [3.63, 3.8) is 0 Å². The Hall–Kier alpha value is -1.33. The van der Waals surface area contributed by atoms with Gasteiger partial charge in [0.1, 0.15) is 0 Å². The summed E-state index contributed by atoms with van der Waals surface area (Å²) in [4.78, 5) is 6.64. The van der Waals surface area contributed by atoms with Gasteiger partial charge in [0.2, 0.25) is 0 Å². The fraction of sp³-hybridized carbons (Fsp3) is 0.357. The number of anilines is 2. The van der Waals surface area contributed by atoms with Gasteiger partial charge in [0.25, 0.3) is 0 Å². The van der Waals surface area contributed by atoms with Crippen molar-refractivity contribution < 1.29 is 0 Å². The van der Waals surface area contributed by atoms with E-state index in [1.807, 2.05) is 18.2 Å². The third kappa shape index (κ3) is 3.16. The molecule has 0 aliphatic heterocycles. The van der Waals surface area contributed by atoms with Gasteiger partial charge < -0.3 is 16.0 Å². The zero-order valence-electron chi connectivity index (χ0n) is 11.4. The smallest absolute Gasteiger partial charge is 0.0954 e. The first kappa shape index (κ1) is 14.1. The predicted molar refractivity (Wildman–Crippen MR) is 85.5 cm³/mol. The lowest BCUT2D eigenvalue weighted by atomic mass is 10.1. The average Bonchev–Trinajstić information content (AvgIpc) is 2.38. The number of hydrogen-bond acceptors (Lipinski definition) is 4. The van der Waals surface area contributed by atoms with Crippen LogP contribution in [0.3, 0.4) is 0 Å². The second-order valence-corrected chi connectivity index (χ2v) is 5.86. The fourth-order valence-electron chi connectivity index (χ4n) is 1.80. The molecule has 1 heterocycles. The molecule has 102 valence electrons. The molecule has 1 unspecified atom stereocenters. The van der Waals surface area contributed by atoms with E-state index in [2.05, 4.69) is 52.1 Å². The molecule has 0 saturated heterocycles. The molecule has 0 amide bonds. The van der Waals surface area contributed by atoms with Crippen molar-refractivity contribution in [3.8, 4) is 0 Å². The van der Waals surface area contributed by atoms with E-state index in [4.69, 9.17) is 5.73 Å². The van der Waals surface area contributed by atoms with Crippen molar-refractivity contribution >= 4 is 38.2 Å². The first-order chi connectivity index (χ1) is 8.99. The summed E-state index contributed by atoms with van der Waals surface area (Å²) in [6, 6.07) is 6.35. The van der Waals surface area contributed by atoms with Crippen LogP contribution in [0.5, 0.6) is 0 Å². The van der Waals surface area contributed by atoms with Crippen LogP contribution in [0.4, 0.5) is 11.4 Å². The summed E-state index contributed by atoms with van der Waals surface area (Å²) in [6.45, 7) is 3.04. The van der Waals surface area contributed by atoms with Crippen LogP contribution in [0.15, 0.2) is 28.9 Å². The summed E-state index contributed by atoms with van der Waals surface area (Å²) >= 11 is 3.43.